The van der Waals surface area contributed by atoms with E-state index in [0.717, 1.165) is 0 Å². The number of carbonyl (C=O) groups is 2. The van der Waals surface area contributed by atoms with Gasteiger partial charge in [-0.3, -0.25) is 14.0 Å². The number of nitrogens with zero attached hydrogens (tertiary/aromatic N) is 3. The third-order valence-corrected chi connectivity index (χ3v) is 5.51. The third kappa shape index (κ3) is 3.17. The molecule has 3 aromatic rings. The minimum absolute atomic E-state index is 0.114. The number of rotatable bonds is 4. The van der Waals surface area contributed by atoms with Crippen LogP contribution in [0, 0.1) is 11.7 Å². The molecule has 0 aliphatic heterocycles. The van der Waals surface area contributed by atoms with Crippen molar-refractivity contribution in [3.63, 3.8) is 0 Å². The molecule has 2 saturated carbocycles. The summed E-state index contributed by atoms with van der Waals surface area (Å²) in [6, 6.07) is 4.41. The Morgan fingerprint density at radius 3 is 2.82 bits per heavy atom. The van der Waals surface area contributed by atoms with Crippen LogP contribution >= 0.6 is 0 Å². The number of fused-ring (bicyclic) bond motifs is 1. The first-order valence-corrected chi connectivity index (χ1v) is 9.54. The third-order valence-electron chi connectivity index (χ3n) is 5.51. The Balaban J connectivity index is 1.43. The molecule has 2 aliphatic rings. The Morgan fingerprint density at radius 1 is 1.21 bits per heavy atom. The summed E-state index contributed by atoms with van der Waals surface area (Å²) < 4.78 is 16.3. The second kappa shape index (κ2) is 6.51. The predicted molar refractivity (Wildman–Crippen MR) is 101 cm³/mol. The fourth-order valence-electron chi connectivity index (χ4n) is 3.74. The Kier molecular flexibility index (Phi) is 3.96. The molecular formula is C21H19FN4O2. The highest BCUT2D eigenvalue weighted by molar-refractivity contribution is 5.97. The van der Waals surface area contributed by atoms with Gasteiger partial charge in [0, 0.05) is 48.6 Å². The number of ketones is 1. The van der Waals surface area contributed by atoms with Crippen LogP contribution < -0.4 is 5.32 Å². The lowest BCUT2D eigenvalue weighted by Gasteiger charge is -2.11. The van der Waals surface area contributed by atoms with E-state index >= 15 is 0 Å². The average Bonchev–Trinajstić information content (AvgIpc) is 3.30. The lowest BCUT2D eigenvalue weighted by Crippen LogP contribution is -2.20. The zero-order valence-corrected chi connectivity index (χ0v) is 15.2. The Labute approximate surface area is 160 Å². The van der Waals surface area contributed by atoms with Crippen LogP contribution in [0.15, 0.2) is 36.8 Å². The van der Waals surface area contributed by atoms with Crippen LogP contribution in [-0.4, -0.2) is 26.1 Å². The van der Waals surface area contributed by atoms with Gasteiger partial charge in [-0.15, -0.1) is 0 Å². The maximum Gasteiger partial charge on any atom is 0.234 e. The molecule has 1 N–H and O–H groups in total. The van der Waals surface area contributed by atoms with Gasteiger partial charge in [0.1, 0.15) is 11.6 Å². The molecule has 1 unspecified atom stereocenters. The summed E-state index contributed by atoms with van der Waals surface area (Å²) in [5.41, 5.74) is 2.43. The molecule has 1 atom stereocenters. The van der Waals surface area contributed by atoms with Gasteiger partial charge in [-0.25, -0.2) is 14.4 Å². The van der Waals surface area contributed by atoms with Crippen molar-refractivity contribution in [2.75, 3.05) is 5.32 Å². The first-order valence-electron chi connectivity index (χ1n) is 9.54. The number of hydrogen-bond donors (Lipinski definition) is 1. The van der Waals surface area contributed by atoms with Crippen molar-refractivity contribution < 1.29 is 14.0 Å². The number of halogens is 1. The number of amides is 1. The average molecular weight is 378 g/mol. The molecule has 0 radical (unpaired) electrons. The summed E-state index contributed by atoms with van der Waals surface area (Å²) in [6.45, 7) is 0. The summed E-state index contributed by atoms with van der Waals surface area (Å²) in [6.07, 6.45) is 9.24. The van der Waals surface area contributed by atoms with Crippen molar-refractivity contribution >= 4 is 23.2 Å². The molecule has 6 nitrogen and oxygen atoms in total. The van der Waals surface area contributed by atoms with Crippen LogP contribution in [0.5, 0.6) is 0 Å². The quantitative estimate of drug-likeness (QED) is 0.751. The first-order chi connectivity index (χ1) is 13.6. The number of hydrogen-bond acceptors (Lipinski definition) is 4. The Bertz CT molecular complexity index is 1100. The molecule has 1 aromatic carbocycles. The summed E-state index contributed by atoms with van der Waals surface area (Å²) in [4.78, 5) is 32.6. The number of imidazole rings is 1. The van der Waals surface area contributed by atoms with Gasteiger partial charge in [-0.2, -0.15) is 0 Å². The van der Waals surface area contributed by atoms with Crippen LogP contribution in [-0.2, 0) is 9.59 Å². The number of benzene rings is 1. The molecule has 0 saturated heterocycles. The number of carbonyl (C=O) groups excluding carboxylic acids is 2. The fourth-order valence-corrected chi connectivity index (χ4v) is 3.74. The monoisotopic (exact) mass is 378 g/mol. The molecule has 2 aliphatic carbocycles. The molecule has 0 spiro atoms. The van der Waals surface area contributed by atoms with Crippen molar-refractivity contribution in [3.05, 3.63) is 48.2 Å². The van der Waals surface area contributed by atoms with Gasteiger partial charge < -0.3 is 5.32 Å². The zero-order valence-electron chi connectivity index (χ0n) is 15.2. The van der Waals surface area contributed by atoms with Gasteiger partial charge in [0.25, 0.3) is 0 Å². The smallest absolute Gasteiger partial charge is 0.234 e. The number of aromatic nitrogens is 3. The van der Waals surface area contributed by atoms with Gasteiger partial charge >= 0.3 is 0 Å². The van der Waals surface area contributed by atoms with E-state index in [0.29, 0.717) is 41.5 Å². The molecule has 1 amide bonds. The number of Topliss-reactive ketones (excluding diaryl/α,β-unsaturated/α-hetero) is 1. The van der Waals surface area contributed by atoms with Crippen LogP contribution in [0.4, 0.5) is 10.1 Å². The van der Waals surface area contributed by atoms with Gasteiger partial charge in [-0.1, -0.05) is 0 Å². The maximum absolute atomic E-state index is 14.5. The molecule has 28 heavy (non-hydrogen) atoms. The number of nitrogens with one attached hydrogen (secondary N) is 1. The minimum atomic E-state index is -0.417. The second-order valence-electron chi connectivity index (χ2n) is 7.66. The van der Waals surface area contributed by atoms with E-state index in [1.54, 1.807) is 12.3 Å². The number of anilines is 1. The first kappa shape index (κ1) is 17.0. The van der Waals surface area contributed by atoms with Crippen LogP contribution in [0.1, 0.15) is 43.6 Å². The highest BCUT2D eigenvalue weighted by Crippen LogP contribution is 2.39. The molecule has 2 aromatic heterocycles. The predicted octanol–water partition coefficient (Wildman–Crippen LogP) is 3.72. The molecule has 0 bridgehead atoms. The van der Waals surface area contributed by atoms with Crippen molar-refractivity contribution in [1.82, 2.24) is 14.4 Å². The molecular weight excluding hydrogens is 359 g/mol. The van der Waals surface area contributed by atoms with Crippen molar-refractivity contribution in [2.24, 2.45) is 5.92 Å². The summed E-state index contributed by atoms with van der Waals surface area (Å²) in [5.74, 6) is 0.274. The van der Waals surface area contributed by atoms with Crippen molar-refractivity contribution in [2.45, 2.75) is 38.0 Å². The van der Waals surface area contributed by atoms with Crippen LogP contribution in [0.3, 0.4) is 0 Å². The molecule has 2 fully saturated rings. The normalized spacial score (nSPS) is 19.3. The lowest BCUT2D eigenvalue weighted by atomic mass is 10.1. The lowest BCUT2D eigenvalue weighted by molar-refractivity contribution is -0.122. The van der Waals surface area contributed by atoms with E-state index in [1.165, 1.54) is 30.5 Å². The molecule has 5 rings (SSSR count). The molecule has 7 heteroatoms. The summed E-state index contributed by atoms with van der Waals surface area (Å²) in [7, 11) is 0. The highest BCUT2D eigenvalue weighted by Gasteiger charge is 2.28. The van der Waals surface area contributed by atoms with Crippen molar-refractivity contribution in [1.29, 1.82) is 0 Å². The van der Waals surface area contributed by atoms with Gasteiger partial charge in [-0.05, 0) is 48.9 Å². The Hall–Kier alpha value is -3.09. The largest absolute Gasteiger partial charge is 0.326 e. The molecule has 142 valence electrons. The van der Waals surface area contributed by atoms with Gasteiger partial charge in [0.05, 0.1) is 5.69 Å². The maximum atomic E-state index is 14.5. The summed E-state index contributed by atoms with van der Waals surface area (Å²) in [5, 5.41) is 2.80. The van der Waals surface area contributed by atoms with E-state index in [4.69, 9.17) is 0 Å². The standard InChI is InChI=1S/C21H19FN4O2/c22-18-6-4-15(24-20(28)13-3-5-16(27)7-13)8-17(18)19-11-26-10-14(12-1-2-12)9-23-21(26)25-19/h4,6,8-13H,1-3,5,7H2,(H,24,28). The summed E-state index contributed by atoms with van der Waals surface area (Å²) >= 11 is 0. The SMILES string of the molecule is O=C1CCC(C(=O)Nc2ccc(F)c(-c3cn4cc(C5CC5)cnc4n3)c2)C1. The Morgan fingerprint density at radius 2 is 2.07 bits per heavy atom. The van der Waals surface area contributed by atoms with Crippen molar-refractivity contribution in [3.8, 4) is 11.3 Å². The van der Waals surface area contributed by atoms with E-state index in [9.17, 15) is 14.0 Å². The molecule has 2 heterocycles. The van der Waals surface area contributed by atoms with E-state index < -0.39 is 5.82 Å². The zero-order chi connectivity index (χ0) is 19.3. The second-order valence-corrected chi connectivity index (χ2v) is 7.66. The van der Waals surface area contributed by atoms with Gasteiger partial charge in [0.2, 0.25) is 11.7 Å². The van der Waals surface area contributed by atoms with Crippen LogP contribution in [0.25, 0.3) is 17.0 Å². The minimum Gasteiger partial charge on any atom is -0.326 e. The van der Waals surface area contributed by atoms with E-state index in [-0.39, 0.29) is 24.0 Å². The fraction of sp³-hybridized carbons (Fsp3) is 0.333. The van der Waals surface area contributed by atoms with Crippen LogP contribution in [0.2, 0.25) is 0 Å². The topological polar surface area (TPSA) is 76.4 Å². The highest BCUT2D eigenvalue weighted by atomic mass is 19.1. The van der Waals surface area contributed by atoms with E-state index in [2.05, 4.69) is 15.3 Å². The van der Waals surface area contributed by atoms with E-state index in [1.807, 2.05) is 16.8 Å². The van der Waals surface area contributed by atoms with Gasteiger partial charge in [0.15, 0.2) is 0 Å².